The van der Waals surface area contributed by atoms with Gasteiger partial charge in [-0.3, -0.25) is 27.8 Å². The molecule has 4 aromatic rings. The van der Waals surface area contributed by atoms with Crippen molar-refractivity contribution in [3.05, 3.63) is 93.8 Å². The molecule has 261 valence electrons. The Bertz CT molecular complexity index is 2330. The van der Waals surface area contributed by atoms with Crippen molar-refractivity contribution in [1.82, 2.24) is 10.7 Å². The van der Waals surface area contributed by atoms with Crippen molar-refractivity contribution in [1.29, 1.82) is 0 Å². The van der Waals surface area contributed by atoms with Gasteiger partial charge in [0.2, 0.25) is 5.88 Å². The number of azo groups is 2. The Morgan fingerprint density at radius 3 is 2.02 bits per heavy atom. The predicted molar refractivity (Wildman–Crippen MR) is 179 cm³/mol. The summed E-state index contributed by atoms with van der Waals surface area (Å²) in [6.45, 7) is 0.967. The van der Waals surface area contributed by atoms with E-state index in [0.717, 1.165) is 34.9 Å². The summed E-state index contributed by atoms with van der Waals surface area (Å²) in [7, 11) is -14.0. The molecule has 0 atom stereocenters. The Hall–Kier alpha value is -3.99. The van der Waals surface area contributed by atoms with Gasteiger partial charge in [0, 0.05) is 41.7 Å². The van der Waals surface area contributed by atoms with Gasteiger partial charge in [-0.15, -0.1) is 10.2 Å². The molecule has 0 fully saturated rings. The van der Waals surface area contributed by atoms with Crippen LogP contribution in [0, 0.1) is 6.92 Å². The van der Waals surface area contributed by atoms with E-state index in [1.165, 1.54) is 43.3 Å². The second-order valence-corrected chi connectivity index (χ2v) is 14.4. The third kappa shape index (κ3) is 10.0. The number of benzene rings is 3. The van der Waals surface area contributed by atoms with Gasteiger partial charge in [-0.2, -0.15) is 27.1 Å². The molecule has 0 saturated heterocycles. The van der Waals surface area contributed by atoms with Crippen molar-refractivity contribution in [3.8, 4) is 5.88 Å². The van der Waals surface area contributed by atoms with Crippen molar-refractivity contribution in [2.24, 2.45) is 26.2 Å². The molecule has 0 bridgehead atoms. The van der Waals surface area contributed by atoms with Crippen LogP contribution < -0.4 is 22.7 Å². The Labute approximate surface area is 306 Å². The molecule has 19 nitrogen and oxygen atoms in total. The molecule has 23 heteroatoms. The number of hydrogen-bond donors (Lipinski definition) is 7. The number of pyridine rings is 1. The van der Waals surface area contributed by atoms with Crippen LogP contribution in [0.3, 0.4) is 0 Å². The smallest absolute Gasteiger partial charge is 0.356 e. The van der Waals surface area contributed by atoms with Crippen molar-refractivity contribution in [2.75, 3.05) is 0 Å². The van der Waals surface area contributed by atoms with Crippen LogP contribution in [0.15, 0.2) is 102 Å². The molecule has 0 unspecified atom stereocenters. The topological polar surface area (TPSA) is 336 Å². The molecule has 0 aliphatic rings. The van der Waals surface area contributed by atoms with Crippen LogP contribution in [-0.4, -0.2) is 80.9 Å². The number of aromatic hydroxyl groups is 1. The Kier molecular flexibility index (Phi) is 13.8. The SMILES string of the molecule is Cc1c(C(N)=O)c(O)n(CCc2ccc(S(=O)(=O)O)cc2)c(=O)c1N=Nc1ccc(N=Nc2cccc(P(=O)(O)O)c2)cc1S(=O)(=O)O.N.[Na]. The number of nitrogens with two attached hydrogens (primary N) is 1. The van der Waals surface area contributed by atoms with Crippen LogP contribution in [0.4, 0.5) is 22.7 Å². The zero-order valence-electron chi connectivity index (χ0n) is 26.1. The summed E-state index contributed by atoms with van der Waals surface area (Å²) >= 11 is 0. The van der Waals surface area contributed by atoms with Crippen LogP contribution in [-0.2, 0) is 37.8 Å². The average molecular weight is 761 g/mol. The maximum atomic E-state index is 13.4. The zero-order valence-corrected chi connectivity index (χ0v) is 30.7. The second-order valence-electron chi connectivity index (χ2n) is 9.95. The molecule has 0 aliphatic heterocycles. The number of carbonyl (C=O) groups is 1. The monoisotopic (exact) mass is 760 g/mol. The first-order valence-corrected chi connectivity index (χ1v) is 17.7. The fourth-order valence-electron chi connectivity index (χ4n) is 4.30. The van der Waals surface area contributed by atoms with Crippen LogP contribution in [0.2, 0.25) is 0 Å². The minimum Gasteiger partial charge on any atom is -0.494 e. The van der Waals surface area contributed by atoms with Gasteiger partial charge in [0.15, 0.2) is 5.69 Å². The fraction of sp³-hybridized carbons (Fsp3) is 0.111. The molecule has 0 saturated carbocycles. The van der Waals surface area contributed by atoms with E-state index in [4.69, 9.17) is 10.3 Å². The van der Waals surface area contributed by atoms with Gasteiger partial charge in [0.25, 0.3) is 31.7 Å². The van der Waals surface area contributed by atoms with Gasteiger partial charge < -0.3 is 26.8 Å². The summed E-state index contributed by atoms with van der Waals surface area (Å²) in [5.74, 6) is -1.93. The Morgan fingerprint density at radius 1 is 0.880 bits per heavy atom. The minimum atomic E-state index is -4.99. The minimum absolute atomic E-state index is 0. The van der Waals surface area contributed by atoms with E-state index in [1.54, 1.807) is 0 Å². The van der Waals surface area contributed by atoms with Crippen molar-refractivity contribution in [3.63, 3.8) is 0 Å². The van der Waals surface area contributed by atoms with Gasteiger partial charge in [-0.1, -0.05) is 18.2 Å². The summed E-state index contributed by atoms with van der Waals surface area (Å²) in [6.07, 6.45) is 0.0175. The number of aryl methyl sites for hydroxylation is 1. The summed E-state index contributed by atoms with van der Waals surface area (Å²) in [4.78, 5) is 43.1. The van der Waals surface area contributed by atoms with E-state index < -0.39 is 67.0 Å². The van der Waals surface area contributed by atoms with E-state index in [2.05, 4.69) is 20.5 Å². The van der Waals surface area contributed by atoms with E-state index in [1.807, 2.05) is 0 Å². The third-order valence-corrected chi connectivity index (χ3v) is 9.38. The molecule has 4 rings (SSSR count). The van der Waals surface area contributed by atoms with E-state index in [0.29, 0.717) is 5.56 Å². The third-order valence-electron chi connectivity index (χ3n) is 6.67. The number of nitrogens with zero attached hydrogens (tertiary/aromatic N) is 5. The van der Waals surface area contributed by atoms with Gasteiger partial charge >= 0.3 is 7.60 Å². The van der Waals surface area contributed by atoms with Gasteiger partial charge in [0.05, 0.1) is 21.6 Å². The largest absolute Gasteiger partial charge is 0.494 e. The van der Waals surface area contributed by atoms with Crippen molar-refractivity contribution in [2.45, 2.75) is 29.7 Å². The molecular formula is C27H28N7NaO12PS2. The van der Waals surface area contributed by atoms with E-state index in [9.17, 15) is 50.4 Å². The standard InChI is InChI=1S/C27H25N6O12PS2.H3N.Na/c1-15-23(25(28)34)26(35)33(12-11-16-5-8-20(9-6-16)47(40,41)42)27(36)24(15)32-31-21-10-7-18(14-22(21)48(43,44)45)30-29-17-3-2-4-19(13-17)46(37,38)39;;/h2-10,13-14,35H,11-12H2,1H3,(H2,28,34)(H2,37,38,39)(H,40,41,42)(H,43,44,45);1H3;. The molecule has 1 amide bonds. The number of aromatic nitrogens is 1. The fourth-order valence-corrected chi connectivity index (χ4v) is 6.01. The van der Waals surface area contributed by atoms with Crippen molar-refractivity contribution >= 4 is 91.4 Å². The van der Waals surface area contributed by atoms with Gasteiger partial charge in [-0.25, -0.2) is 0 Å². The molecule has 1 aromatic heterocycles. The maximum Gasteiger partial charge on any atom is 0.356 e. The predicted octanol–water partition coefficient (Wildman–Crippen LogP) is 3.11. The van der Waals surface area contributed by atoms with E-state index in [-0.39, 0.29) is 75.8 Å². The first-order chi connectivity index (χ1) is 22.3. The van der Waals surface area contributed by atoms with Crippen LogP contribution in [0.1, 0.15) is 21.5 Å². The summed E-state index contributed by atoms with van der Waals surface area (Å²) < 4.78 is 78.3. The first kappa shape index (κ1) is 42.2. The van der Waals surface area contributed by atoms with Gasteiger partial charge in [0.1, 0.15) is 16.1 Å². The number of rotatable bonds is 11. The molecule has 1 radical (unpaired) electrons. The number of primary amides is 1. The molecule has 50 heavy (non-hydrogen) atoms. The average Bonchev–Trinajstić information content (AvgIpc) is 2.99. The van der Waals surface area contributed by atoms with Crippen LogP contribution in [0.25, 0.3) is 0 Å². The number of amides is 1. The second kappa shape index (κ2) is 16.4. The summed E-state index contributed by atoms with van der Waals surface area (Å²) in [5.41, 5.74) is 3.16. The molecule has 1 heterocycles. The number of carbonyl (C=O) groups excluding carboxylic acids is 1. The van der Waals surface area contributed by atoms with Crippen molar-refractivity contribution < 1.29 is 50.2 Å². The Morgan fingerprint density at radius 2 is 1.48 bits per heavy atom. The van der Waals surface area contributed by atoms with Gasteiger partial charge in [-0.05, 0) is 67.4 Å². The number of hydrogen-bond acceptors (Lipinski definition) is 13. The quantitative estimate of drug-likeness (QED) is 0.0501. The molecule has 10 N–H and O–H groups in total. The van der Waals surface area contributed by atoms with Crippen LogP contribution >= 0.6 is 7.60 Å². The first-order valence-electron chi connectivity index (χ1n) is 13.2. The van der Waals surface area contributed by atoms with Crippen LogP contribution in [0.5, 0.6) is 5.88 Å². The molecule has 0 spiro atoms. The maximum absolute atomic E-state index is 13.4. The zero-order chi connectivity index (χ0) is 35.6. The summed E-state index contributed by atoms with van der Waals surface area (Å²) in [5, 5.41) is 25.7. The van der Waals surface area contributed by atoms with E-state index >= 15 is 0 Å². The molecule has 3 aromatic carbocycles. The molecular weight excluding hydrogens is 732 g/mol. The summed E-state index contributed by atoms with van der Waals surface area (Å²) in [6, 6.07) is 13.1. The Balaban J connectivity index is 0.00000433. The molecule has 0 aliphatic carbocycles. The normalized spacial score (nSPS) is 12.1.